The zero-order valence-electron chi connectivity index (χ0n) is 12.1. The van der Waals surface area contributed by atoms with Crippen LogP contribution in [0.3, 0.4) is 0 Å². The Morgan fingerprint density at radius 1 is 0.957 bits per heavy atom. The smallest absolute Gasteiger partial charge is 0.220 e. The first-order valence-electron chi connectivity index (χ1n) is 7.17. The van der Waals surface area contributed by atoms with E-state index in [1.807, 2.05) is 30.5 Å². The molecule has 0 bridgehead atoms. The van der Waals surface area contributed by atoms with Crippen LogP contribution in [-0.2, 0) is 0 Å². The van der Waals surface area contributed by atoms with Crippen LogP contribution in [-0.4, -0.2) is 15.0 Å². The molecule has 0 fully saturated rings. The Hall–Kier alpha value is -3.21. The lowest BCUT2D eigenvalue weighted by Gasteiger charge is -2.09. The molecule has 0 saturated carbocycles. The highest BCUT2D eigenvalue weighted by molar-refractivity contribution is 5.98. The Balaban J connectivity index is 1.97. The summed E-state index contributed by atoms with van der Waals surface area (Å²) in [7, 11) is 0. The number of H-pyrrole nitrogens is 1. The lowest BCUT2D eigenvalue weighted by molar-refractivity contribution is 0.628. The zero-order valence-corrected chi connectivity index (χ0v) is 12.1. The average Bonchev–Trinajstić information content (AvgIpc) is 3.00. The van der Waals surface area contributed by atoms with E-state index < -0.39 is 0 Å². The van der Waals surface area contributed by atoms with Gasteiger partial charge in [0, 0.05) is 34.4 Å². The molecule has 0 spiro atoms. The number of halogens is 1. The highest BCUT2D eigenvalue weighted by Crippen LogP contribution is 2.34. The predicted octanol–water partition coefficient (Wildman–Crippen LogP) is 4.01. The molecule has 3 N–H and O–H groups in total. The Morgan fingerprint density at radius 2 is 1.74 bits per heavy atom. The second kappa shape index (κ2) is 5.21. The lowest BCUT2D eigenvalue weighted by atomic mass is 10.0. The molecule has 5 heteroatoms. The van der Waals surface area contributed by atoms with Crippen molar-refractivity contribution in [2.24, 2.45) is 0 Å². The van der Waals surface area contributed by atoms with Crippen molar-refractivity contribution in [2.75, 3.05) is 5.73 Å². The molecule has 4 nitrogen and oxygen atoms in total. The second-order valence-corrected chi connectivity index (χ2v) is 5.25. The molecule has 4 rings (SSSR count). The van der Waals surface area contributed by atoms with Crippen LogP contribution in [0.5, 0.6) is 0 Å². The van der Waals surface area contributed by atoms with Gasteiger partial charge in [0.1, 0.15) is 5.82 Å². The van der Waals surface area contributed by atoms with Gasteiger partial charge in [0.25, 0.3) is 0 Å². The molecule has 2 aromatic heterocycles. The van der Waals surface area contributed by atoms with E-state index in [-0.39, 0.29) is 11.8 Å². The van der Waals surface area contributed by atoms with Gasteiger partial charge < -0.3 is 10.7 Å². The van der Waals surface area contributed by atoms with E-state index in [4.69, 9.17) is 5.73 Å². The number of fused-ring (bicyclic) bond motifs is 1. The first-order chi connectivity index (χ1) is 11.2. The van der Waals surface area contributed by atoms with E-state index >= 15 is 0 Å². The third kappa shape index (κ3) is 2.32. The van der Waals surface area contributed by atoms with Crippen LogP contribution in [0.25, 0.3) is 33.3 Å². The Morgan fingerprint density at radius 3 is 2.57 bits per heavy atom. The van der Waals surface area contributed by atoms with Crippen LogP contribution in [0.1, 0.15) is 0 Å². The molecule has 0 saturated heterocycles. The number of hydrogen-bond donors (Lipinski definition) is 2. The first-order valence-corrected chi connectivity index (χ1v) is 7.17. The number of anilines is 1. The van der Waals surface area contributed by atoms with Crippen molar-refractivity contribution in [3.8, 4) is 22.4 Å². The standard InChI is InChI=1S/C18H13FN4/c19-12-7-5-11(6-8-12)14-9-22-18(20)23-17(14)15-10-21-16-4-2-1-3-13(15)16/h1-10,21H,(H2,20,22,23). The summed E-state index contributed by atoms with van der Waals surface area (Å²) in [5.74, 6) is -0.0742. The third-order valence-corrected chi connectivity index (χ3v) is 3.81. The van der Waals surface area contributed by atoms with E-state index in [2.05, 4.69) is 15.0 Å². The summed E-state index contributed by atoms with van der Waals surface area (Å²) in [6.07, 6.45) is 3.58. The maximum absolute atomic E-state index is 13.2. The normalized spacial score (nSPS) is 11.0. The van der Waals surface area contributed by atoms with Crippen LogP contribution in [0, 0.1) is 5.82 Å². The topological polar surface area (TPSA) is 67.6 Å². The number of hydrogen-bond acceptors (Lipinski definition) is 3. The van der Waals surface area contributed by atoms with Crippen molar-refractivity contribution in [1.29, 1.82) is 0 Å². The number of rotatable bonds is 2. The third-order valence-electron chi connectivity index (χ3n) is 3.81. The second-order valence-electron chi connectivity index (χ2n) is 5.25. The molecule has 2 aromatic carbocycles. The van der Waals surface area contributed by atoms with Gasteiger partial charge in [-0.25, -0.2) is 14.4 Å². The highest BCUT2D eigenvalue weighted by Gasteiger charge is 2.14. The zero-order chi connectivity index (χ0) is 15.8. The maximum atomic E-state index is 13.2. The van der Waals surface area contributed by atoms with Crippen LogP contribution < -0.4 is 5.73 Å². The van der Waals surface area contributed by atoms with E-state index in [0.29, 0.717) is 0 Å². The predicted molar refractivity (Wildman–Crippen MR) is 89.1 cm³/mol. The minimum Gasteiger partial charge on any atom is -0.368 e. The fraction of sp³-hybridized carbons (Fsp3) is 0. The lowest BCUT2D eigenvalue weighted by Crippen LogP contribution is -1.98. The Labute approximate surface area is 131 Å². The van der Waals surface area contributed by atoms with Gasteiger partial charge in [0.05, 0.1) is 5.69 Å². The summed E-state index contributed by atoms with van der Waals surface area (Å²) in [6.45, 7) is 0. The van der Waals surface area contributed by atoms with Gasteiger partial charge in [-0.1, -0.05) is 30.3 Å². The van der Waals surface area contributed by atoms with Crippen molar-refractivity contribution in [3.63, 3.8) is 0 Å². The van der Waals surface area contributed by atoms with E-state index in [1.165, 1.54) is 12.1 Å². The average molecular weight is 304 g/mol. The summed E-state index contributed by atoms with van der Waals surface area (Å²) in [5.41, 5.74) is 10.1. The molecule has 0 radical (unpaired) electrons. The van der Waals surface area contributed by atoms with Gasteiger partial charge in [0.15, 0.2) is 0 Å². The molecule has 0 amide bonds. The Kier molecular flexibility index (Phi) is 3.05. The largest absolute Gasteiger partial charge is 0.368 e. The quantitative estimate of drug-likeness (QED) is 0.588. The van der Waals surface area contributed by atoms with Gasteiger partial charge in [-0.05, 0) is 23.8 Å². The number of nitrogens with zero attached hydrogens (tertiary/aromatic N) is 2. The number of benzene rings is 2. The maximum Gasteiger partial charge on any atom is 0.220 e. The van der Waals surface area contributed by atoms with Gasteiger partial charge >= 0.3 is 0 Å². The molecule has 112 valence electrons. The van der Waals surface area contributed by atoms with Gasteiger partial charge in [-0.3, -0.25) is 0 Å². The van der Waals surface area contributed by atoms with Crippen LogP contribution in [0.2, 0.25) is 0 Å². The van der Waals surface area contributed by atoms with E-state index in [0.717, 1.165) is 33.3 Å². The molecule has 2 heterocycles. The summed E-state index contributed by atoms with van der Waals surface area (Å²) >= 11 is 0. The molecular formula is C18H13FN4. The molecule has 0 aliphatic carbocycles. The van der Waals surface area contributed by atoms with Gasteiger partial charge in [0.2, 0.25) is 5.95 Å². The minimum atomic E-state index is -0.279. The van der Waals surface area contributed by atoms with Crippen LogP contribution in [0.4, 0.5) is 10.3 Å². The van der Waals surface area contributed by atoms with E-state index in [9.17, 15) is 4.39 Å². The molecule has 23 heavy (non-hydrogen) atoms. The molecule has 0 aliphatic rings. The molecule has 0 unspecified atom stereocenters. The molecule has 0 atom stereocenters. The number of nitrogen functional groups attached to an aromatic ring is 1. The van der Waals surface area contributed by atoms with Gasteiger partial charge in [-0.2, -0.15) is 0 Å². The summed E-state index contributed by atoms with van der Waals surface area (Å²) in [4.78, 5) is 11.7. The molecular weight excluding hydrogens is 291 g/mol. The summed E-state index contributed by atoms with van der Waals surface area (Å²) in [6, 6.07) is 14.2. The molecule has 0 aliphatic heterocycles. The summed E-state index contributed by atoms with van der Waals surface area (Å²) in [5, 5.41) is 1.05. The number of aromatic amines is 1. The van der Waals surface area contributed by atoms with Crippen molar-refractivity contribution < 1.29 is 4.39 Å². The fourth-order valence-electron chi connectivity index (χ4n) is 2.71. The first kappa shape index (κ1) is 13.5. The van der Waals surface area contributed by atoms with Crippen molar-refractivity contribution >= 4 is 16.9 Å². The monoisotopic (exact) mass is 304 g/mol. The van der Waals surface area contributed by atoms with Crippen molar-refractivity contribution in [3.05, 3.63) is 66.7 Å². The molecule has 4 aromatic rings. The fourth-order valence-corrected chi connectivity index (χ4v) is 2.71. The SMILES string of the molecule is Nc1ncc(-c2ccc(F)cc2)c(-c2c[nH]c3ccccc23)n1. The van der Waals surface area contributed by atoms with Crippen molar-refractivity contribution in [2.45, 2.75) is 0 Å². The number of nitrogens with two attached hydrogens (primary N) is 1. The van der Waals surface area contributed by atoms with Crippen LogP contribution >= 0.6 is 0 Å². The highest BCUT2D eigenvalue weighted by atomic mass is 19.1. The van der Waals surface area contributed by atoms with Crippen LogP contribution in [0.15, 0.2) is 60.9 Å². The van der Waals surface area contributed by atoms with E-state index in [1.54, 1.807) is 18.3 Å². The number of para-hydroxylation sites is 1. The number of aromatic nitrogens is 3. The van der Waals surface area contributed by atoms with Crippen molar-refractivity contribution in [1.82, 2.24) is 15.0 Å². The van der Waals surface area contributed by atoms with Gasteiger partial charge in [-0.15, -0.1) is 0 Å². The minimum absolute atomic E-state index is 0.205. The number of nitrogens with one attached hydrogen (secondary N) is 1. The Bertz CT molecular complexity index is 990. The summed E-state index contributed by atoms with van der Waals surface area (Å²) < 4.78 is 13.2.